The maximum Gasteiger partial charge on any atom is 0.251 e. The smallest absolute Gasteiger partial charge is 0.251 e. The Kier molecular flexibility index (Phi) is 3.28. The molecule has 0 radical (unpaired) electrons. The number of anilines is 1. The second-order valence-corrected chi connectivity index (χ2v) is 6.76. The van der Waals surface area contributed by atoms with Crippen molar-refractivity contribution in [2.24, 2.45) is 5.92 Å². The van der Waals surface area contributed by atoms with Crippen molar-refractivity contribution in [2.75, 3.05) is 17.2 Å². The van der Waals surface area contributed by atoms with Crippen molar-refractivity contribution < 1.29 is 17.7 Å². The highest BCUT2D eigenvalue weighted by molar-refractivity contribution is 8.13. The van der Waals surface area contributed by atoms with Crippen LogP contribution in [0.15, 0.2) is 10.7 Å². The van der Waals surface area contributed by atoms with E-state index < -0.39 is 15.0 Å². The van der Waals surface area contributed by atoms with Crippen molar-refractivity contribution >= 4 is 31.5 Å². The average Bonchev–Trinajstić information content (AvgIpc) is 2.81. The summed E-state index contributed by atoms with van der Waals surface area (Å²) in [5.74, 6) is -0.950. The Morgan fingerprint density at radius 1 is 1.67 bits per heavy atom. The molecule has 0 spiro atoms. The van der Waals surface area contributed by atoms with E-state index in [0.717, 1.165) is 0 Å². The van der Waals surface area contributed by atoms with Crippen LogP contribution in [-0.4, -0.2) is 31.8 Å². The highest BCUT2D eigenvalue weighted by Crippen LogP contribution is 2.28. The van der Waals surface area contributed by atoms with Crippen LogP contribution in [0.4, 0.5) is 5.88 Å². The number of halogens is 1. The molecule has 0 saturated carbocycles. The first kappa shape index (κ1) is 12.9. The second kappa shape index (κ2) is 4.59. The first-order chi connectivity index (χ1) is 8.40. The van der Waals surface area contributed by atoms with Crippen LogP contribution in [0.25, 0.3) is 0 Å². The third-order valence-corrected chi connectivity index (χ3v) is 3.80. The summed E-state index contributed by atoms with van der Waals surface area (Å²) in [6.45, 7) is 0.147. The Hall–Kier alpha value is -1.59. The van der Waals surface area contributed by atoms with Crippen molar-refractivity contribution in [1.82, 2.24) is 5.16 Å². The van der Waals surface area contributed by atoms with Crippen LogP contribution in [-0.2, 0) is 13.8 Å². The van der Waals surface area contributed by atoms with Crippen molar-refractivity contribution in [3.05, 3.63) is 11.8 Å². The molecular formula is C9H8ClN3O4S. The number of aromatic nitrogens is 1. The van der Waals surface area contributed by atoms with E-state index in [9.17, 15) is 13.2 Å². The second-order valence-electron chi connectivity index (χ2n) is 3.94. The molecule has 1 atom stereocenters. The predicted octanol–water partition coefficient (Wildman–Crippen LogP) is 0.468. The molecule has 9 heteroatoms. The summed E-state index contributed by atoms with van der Waals surface area (Å²) >= 11 is 0. The van der Waals surface area contributed by atoms with Crippen molar-refractivity contribution in [1.29, 1.82) is 5.26 Å². The van der Waals surface area contributed by atoms with E-state index in [0.29, 0.717) is 0 Å². The number of hydrogen-bond donors (Lipinski definition) is 0. The predicted molar refractivity (Wildman–Crippen MR) is 61.3 cm³/mol. The number of nitrogens with zero attached hydrogens (tertiary/aromatic N) is 3. The fourth-order valence-electron chi connectivity index (χ4n) is 1.88. The lowest BCUT2D eigenvalue weighted by Crippen LogP contribution is -2.25. The quantitative estimate of drug-likeness (QED) is 0.749. The van der Waals surface area contributed by atoms with E-state index in [1.165, 1.54) is 11.1 Å². The van der Waals surface area contributed by atoms with E-state index in [1.807, 2.05) is 6.07 Å². The number of carbonyl (C=O) groups is 1. The number of carbonyl (C=O) groups excluding carboxylic acids is 1. The molecular weight excluding hydrogens is 282 g/mol. The highest BCUT2D eigenvalue weighted by Gasteiger charge is 2.36. The Balaban J connectivity index is 2.18. The summed E-state index contributed by atoms with van der Waals surface area (Å²) < 4.78 is 26.8. The highest BCUT2D eigenvalue weighted by atomic mass is 35.7. The fraction of sp³-hybridized carbons (Fsp3) is 0.444. The molecule has 1 aliphatic heterocycles. The monoisotopic (exact) mass is 289 g/mol. The zero-order valence-corrected chi connectivity index (χ0v) is 10.6. The zero-order chi connectivity index (χ0) is 13.3. The molecule has 1 aromatic heterocycles. The SMILES string of the molecule is N#Cc1cnoc1N1CC(CS(=O)(=O)Cl)CC1=O. The normalized spacial score (nSPS) is 20.1. The molecule has 0 N–H and O–H groups in total. The molecule has 1 saturated heterocycles. The molecule has 1 aromatic rings. The van der Waals surface area contributed by atoms with Gasteiger partial charge < -0.3 is 4.52 Å². The molecule has 1 unspecified atom stereocenters. The first-order valence-electron chi connectivity index (χ1n) is 4.98. The number of rotatable bonds is 3. The number of amides is 1. The lowest BCUT2D eigenvalue weighted by Gasteiger charge is -2.12. The minimum Gasteiger partial charge on any atom is -0.337 e. The molecule has 0 aromatic carbocycles. The van der Waals surface area contributed by atoms with E-state index in [4.69, 9.17) is 20.5 Å². The standard InChI is InChI=1S/C9H8ClN3O4S/c10-18(15,16)5-6-1-8(14)13(4-6)9-7(2-11)3-12-17-9/h3,6H,1,4-5H2. The average molecular weight is 290 g/mol. The molecule has 1 fully saturated rings. The fourth-order valence-corrected chi connectivity index (χ4v) is 3.20. The molecule has 96 valence electrons. The van der Waals surface area contributed by atoms with Gasteiger partial charge in [-0.1, -0.05) is 5.16 Å². The largest absolute Gasteiger partial charge is 0.337 e. The zero-order valence-electron chi connectivity index (χ0n) is 9.04. The maximum absolute atomic E-state index is 11.7. The summed E-state index contributed by atoms with van der Waals surface area (Å²) in [5, 5.41) is 12.2. The van der Waals surface area contributed by atoms with Crippen LogP contribution in [0.3, 0.4) is 0 Å². The van der Waals surface area contributed by atoms with Crippen LogP contribution in [0.5, 0.6) is 0 Å². The molecule has 18 heavy (non-hydrogen) atoms. The van der Waals surface area contributed by atoms with Gasteiger partial charge in [-0.25, -0.2) is 8.42 Å². The van der Waals surface area contributed by atoms with Crippen LogP contribution < -0.4 is 4.90 Å². The van der Waals surface area contributed by atoms with E-state index in [2.05, 4.69) is 5.16 Å². The van der Waals surface area contributed by atoms with Crippen molar-refractivity contribution in [3.63, 3.8) is 0 Å². The van der Waals surface area contributed by atoms with Crippen LogP contribution in [0, 0.1) is 17.2 Å². The van der Waals surface area contributed by atoms with Gasteiger partial charge in [-0.05, 0) is 0 Å². The first-order valence-corrected chi connectivity index (χ1v) is 7.46. The Bertz CT molecular complexity index is 618. The molecule has 0 bridgehead atoms. The summed E-state index contributed by atoms with van der Waals surface area (Å²) in [4.78, 5) is 12.9. The van der Waals surface area contributed by atoms with Gasteiger partial charge in [0.2, 0.25) is 15.0 Å². The van der Waals surface area contributed by atoms with Crippen molar-refractivity contribution in [3.8, 4) is 6.07 Å². The Morgan fingerprint density at radius 3 is 3.00 bits per heavy atom. The van der Waals surface area contributed by atoms with Gasteiger partial charge >= 0.3 is 0 Å². The molecule has 7 nitrogen and oxygen atoms in total. The van der Waals surface area contributed by atoms with Gasteiger partial charge in [0.1, 0.15) is 11.6 Å². The summed E-state index contributed by atoms with van der Waals surface area (Å²) in [7, 11) is 1.49. The minimum atomic E-state index is -3.66. The summed E-state index contributed by atoms with van der Waals surface area (Å²) in [5.41, 5.74) is 0.137. The van der Waals surface area contributed by atoms with E-state index in [1.54, 1.807) is 0 Å². The minimum absolute atomic E-state index is 0.0528. The van der Waals surface area contributed by atoms with Crippen LogP contribution >= 0.6 is 10.7 Å². The van der Waals surface area contributed by atoms with Crippen LogP contribution in [0.1, 0.15) is 12.0 Å². The van der Waals surface area contributed by atoms with E-state index >= 15 is 0 Å². The van der Waals surface area contributed by atoms with Crippen LogP contribution in [0.2, 0.25) is 0 Å². The van der Waals surface area contributed by atoms with Gasteiger partial charge in [-0.15, -0.1) is 0 Å². The molecule has 2 heterocycles. The van der Waals surface area contributed by atoms with Crippen molar-refractivity contribution in [2.45, 2.75) is 6.42 Å². The van der Waals surface area contributed by atoms with Gasteiger partial charge in [0.15, 0.2) is 0 Å². The van der Waals surface area contributed by atoms with Gasteiger partial charge in [-0.2, -0.15) is 5.26 Å². The number of hydrogen-bond acceptors (Lipinski definition) is 6. The molecule has 1 aliphatic rings. The topological polar surface area (TPSA) is 104 Å². The third kappa shape index (κ3) is 2.63. The number of nitriles is 1. The Morgan fingerprint density at radius 2 is 2.39 bits per heavy atom. The van der Waals surface area contributed by atoms with Gasteiger partial charge in [0.25, 0.3) is 5.88 Å². The third-order valence-electron chi connectivity index (χ3n) is 2.56. The lowest BCUT2D eigenvalue weighted by atomic mass is 10.1. The maximum atomic E-state index is 11.7. The molecule has 1 amide bonds. The molecule has 0 aliphatic carbocycles. The Labute approximate surface area is 107 Å². The molecule has 2 rings (SSSR count). The lowest BCUT2D eigenvalue weighted by molar-refractivity contribution is -0.117. The summed E-state index contributed by atoms with van der Waals surface area (Å²) in [6, 6.07) is 1.84. The van der Waals surface area contributed by atoms with E-state index in [-0.39, 0.29) is 36.1 Å². The van der Waals surface area contributed by atoms with Gasteiger partial charge in [0, 0.05) is 29.6 Å². The van der Waals surface area contributed by atoms with Gasteiger partial charge in [0.05, 0.1) is 11.9 Å². The van der Waals surface area contributed by atoms with Gasteiger partial charge in [-0.3, -0.25) is 9.69 Å². The summed E-state index contributed by atoms with van der Waals surface area (Å²) in [6.07, 6.45) is 1.26.